The normalized spacial score (nSPS) is 24.6. The van der Waals surface area contributed by atoms with Crippen LogP contribution < -0.4 is 5.32 Å². The van der Waals surface area contributed by atoms with Crippen LogP contribution in [0.25, 0.3) is 22.3 Å². The summed E-state index contributed by atoms with van der Waals surface area (Å²) in [6.07, 6.45) is 5.10. The van der Waals surface area contributed by atoms with Gasteiger partial charge in [-0.3, -0.25) is 14.5 Å². The number of nitrogens with zero attached hydrogens (tertiary/aromatic N) is 9. The van der Waals surface area contributed by atoms with Crippen molar-refractivity contribution in [3.8, 4) is 17.3 Å². The Hall–Kier alpha value is -3.97. The molecule has 0 amide bonds. The third-order valence-corrected chi connectivity index (χ3v) is 9.99. The predicted octanol–water partition coefficient (Wildman–Crippen LogP) is 3.31. The van der Waals surface area contributed by atoms with E-state index in [-0.39, 0.29) is 17.4 Å². The summed E-state index contributed by atoms with van der Waals surface area (Å²) in [5, 5.41) is 29.6. The number of nitrogens with one attached hydrogen (secondary N) is 2. The van der Waals surface area contributed by atoms with Crippen LogP contribution >= 0.6 is 0 Å². The zero-order valence-electron chi connectivity index (χ0n) is 24.8. The van der Waals surface area contributed by atoms with Crippen LogP contribution in [0.2, 0.25) is 0 Å². The number of fused-ring (bicyclic) bond motifs is 1. The van der Waals surface area contributed by atoms with E-state index in [1.54, 1.807) is 18.1 Å². The third kappa shape index (κ3) is 5.15. The first-order valence-electron chi connectivity index (χ1n) is 15.2. The Morgan fingerprint density at radius 1 is 1.18 bits per heavy atom. The number of hydrogen-bond donors (Lipinski definition) is 3. The molecule has 5 heterocycles. The second-order valence-corrected chi connectivity index (χ2v) is 12.4. The number of rotatable bonds is 8. The van der Waals surface area contributed by atoms with E-state index < -0.39 is 29.3 Å². The van der Waals surface area contributed by atoms with E-state index in [9.17, 15) is 23.5 Å². The Morgan fingerprint density at radius 2 is 1.96 bits per heavy atom. The highest BCUT2D eigenvalue weighted by Crippen LogP contribution is 2.46. The van der Waals surface area contributed by atoms with E-state index in [2.05, 4.69) is 46.3 Å². The Kier molecular flexibility index (Phi) is 7.35. The smallest absolute Gasteiger partial charge is 0.372 e. The second-order valence-electron chi connectivity index (χ2n) is 12.4. The van der Waals surface area contributed by atoms with E-state index in [4.69, 9.17) is 0 Å². The molecule has 2 aliphatic carbocycles. The van der Waals surface area contributed by atoms with Crippen LogP contribution in [0, 0.1) is 11.3 Å². The Labute approximate surface area is 257 Å². The molecule has 12 nitrogen and oxygen atoms in total. The van der Waals surface area contributed by atoms with Crippen LogP contribution in [0.4, 0.5) is 13.2 Å². The summed E-state index contributed by atoms with van der Waals surface area (Å²) in [5.74, 6) is -1.23. The fourth-order valence-electron chi connectivity index (χ4n) is 7.11. The minimum Gasteiger partial charge on any atom is -0.372 e. The van der Waals surface area contributed by atoms with Gasteiger partial charge in [0.25, 0.3) is 0 Å². The van der Waals surface area contributed by atoms with Crippen molar-refractivity contribution in [1.82, 2.24) is 49.8 Å². The Bertz CT molecular complexity index is 1720. The molecule has 1 unspecified atom stereocenters. The van der Waals surface area contributed by atoms with Crippen LogP contribution in [0.15, 0.2) is 37.1 Å². The van der Waals surface area contributed by atoms with Crippen molar-refractivity contribution in [2.45, 2.75) is 68.0 Å². The molecule has 45 heavy (non-hydrogen) atoms. The first-order valence-corrected chi connectivity index (χ1v) is 15.2. The quantitative estimate of drug-likeness (QED) is 0.268. The minimum atomic E-state index is -4.72. The molecular formula is C30H34F3N11O. The fourth-order valence-corrected chi connectivity index (χ4v) is 7.11. The van der Waals surface area contributed by atoms with Crippen LogP contribution in [-0.2, 0) is 17.3 Å². The Morgan fingerprint density at radius 3 is 2.62 bits per heavy atom. The van der Waals surface area contributed by atoms with Crippen molar-refractivity contribution in [2.24, 2.45) is 0 Å². The van der Waals surface area contributed by atoms with Crippen molar-refractivity contribution in [3.63, 3.8) is 0 Å². The maximum Gasteiger partial charge on any atom is 0.451 e. The monoisotopic (exact) mass is 621 g/mol. The van der Waals surface area contributed by atoms with Gasteiger partial charge < -0.3 is 15.4 Å². The van der Waals surface area contributed by atoms with Crippen molar-refractivity contribution in [3.05, 3.63) is 54.3 Å². The average Bonchev–Trinajstić information content (AvgIpc) is 3.68. The molecule has 236 valence electrons. The van der Waals surface area contributed by atoms with E-state index in [0.29, 0.717) is 45.4 Å². The standard InChI is InChI=1S/C30H34F3N11O/c1-35-29(4-2-5-29)23-13-22(40-27(41-23)30(31,32)33)26(45)43-11-9-42(10-12-43)20-14-28(15-20,6-7-34)44-17-19(16-39-44)24-21-3-8-36-25(21)38-18-37-24/h3,8,13,16-18,20,26,35,45H,2,4-6,9-12,14-15H2,1H3,(H,36,37,38)/t20-,26?,28-. The largest absolute Gasteiger partial charge is 0.451 e. The summed E-state index contributed by atoms with van der Waals surface area (Å²) < 4.78 is 43.1. The second kappa shape index (κ2) is 11.1. The SMILES string of the molecule is CNC1(c2cc(C(O)N3CCN([C@H]4C[C@](CC#N)(n5cc(-c6ncnc7[nH]ccc67)cn5)C4)CC3)nc(C(F)(F)F)n2)CCC1. The predicted molar refractivity (Wildman–Crippen MR) is 156 cm³/mol. The van der Waals surface area contributed by atoms with Gasteiger partial charge in [0.05, 0.1) is 46.8 Å². The zero-order valence-corrected chi connectivity index (χ0v) is 24.8. The van der Waals surface area contributed by atoms with Crippen molar-refractivity contribution in [2.75, 3.05) is 33.2 Å². The first kappa shape index (κ1) is 29.7. The van der Waals surface area contributed by atoms with E-state index in [0.717, 1.165) is 41.6 Å². The Balaban J connectivity index is 1.02. The molecule has 0 radical (unpaired) electrons. The van der Waals surface area contributed by atoms with E-state index in [1.807, 2.05) is 23.1 Å². The lowest BCUT2D eigenvalue weighted by molar-refractivity contribution is -0.146. The summed E-state index contributed by atoms with van der Waals surface area (Å²) in [6, 6.07) is 6.01. The molecule has 2 saturated carbocycles. The third-order valence-electron chi connectivity index (χ3n) is 9.99. The highest BCUT2D eigenvalue weighted by molar-refractivity contribution is 5.90. The first-order chi connectivity index (χ1) is 21.6. The molecule has 3 aliphatic rings. The molecule has 0 aromatic carbocycles. The van der Waals surface area contributed by atoms with Gasteiger partial charge in [0.1, 0.15) is 12.0 Å². The molecule has 15 heteroatoms. The number of aromatic nitrogens is 7. The van der Waals surface area contributed by atoms with Gasteiger partial charge in [-0.1, -0.05) is 0 Å². The molecule has 7 rings (SSSR count). The molecule has 1 atom stereocenters. The summed E-state index contributed by atoms with van der Waals surface area (Å²) in [4.78, 5) is 23.5. The number of aromatic amines is 1. The maximum atomic E-state index is 13.7. The van der Waals surface area contributed by atoms with Gasteiger partial charge in [-0.25, -0.2) is 19.9 Å². The lowest BCUT2D eigenvalue weighted by Gasteiger charge is -2.52. The maximum absolute atomic E-state index is 13.7. The van der Waals surface area contributed by atoms with E-state index in [1.165, 1.54) is 12.4 Å². The van der Waals surface area contributed by atoms with Crippen LogP contribution in [0.3, 0.4) is 0 Å². The van der Waals surface area contributed by atoms with Gasteiger partial charge in [0.15, 0.2) is 6.23 Å². The molecule has 1 aliphatic heterocycles. The lowest BCUT2D eigenvalue weighted by Crippen LogP contribution is -2.60. The van der Waals surface area contributed by atoms with Crippen LogP contribution in [0.1, 0.15) is 62.0 Å². The van der Waals surface area contributed by atoms with Gasteiger partial charge in [-0.15, -0.1) is 0 Å². The topological polar surface area (TPSA) is 148 Å². The summed E-state index contributed by atoms with van der Waals surface area (Å²) in [7, 11) is 1.72. The van der Waals surface area contributed by atoms with Crippen molar-refractivity contribution >= 4 is 11.0 Å². The number of hydrogen-bond acceptors (Lipinski definition) is 10. The van der Waals surface area contributed by atoms with Gasteiger partial charge in [0, 0.05) is 55.6 Å². The highest BCUT2D eigenvalue weighted by Gasteiger charge is 2.49. The van der Waals surface area contributed by atoms with Gasteiger partial charge >= 0.3 is 6.18 Å². The average molecular weight is 622 g/mol. The number of aliphatic hydroxyl groups is 1. The summed E-state index contributed by atoms with van der Waals surface area (Å²) in [5.41, 5.74) is 1.54. The molecular weight excluding hydrogens is 587 g/mol. The lowest BCUT2D eigenvalue weighted by atomic mass is 9.70. The van der Waals surface area contributed by atoms with Gasteiger partial charge in [0.2, 0.25) is 5.82 Å². The molecule has 3 fully saturated rings. The number of H-pyrrole nitrogens is 1. The van der Waals surface area contributed by atoms with E-state index >= 15 is 0 Å². The minimum absolute atomic E-state index is 0.0333. The number of piperazine rings is 1. The fraction of sp³-hybridized carbons (Fsp3) is 0.533. The van der Waals surface area contributed by atoms with Crippen LogP contribution in [0.5, 0.6) is 0 Å². The van der Waals surface area contributed by atoms with Crippen molar-refractivity contribution < 1.29 is 18.3 Å². The highest BCUT2D eigenvalue weighted by atomic mass is 19.4. The van der Waals surface area contributed by atoms with Gasteiger partial charge in [-0.2, -0.15) is 23.5 Å². The zero-order chi connectivity index (χ0) is 31.4. The number of aliphatic hydroxyl groups excluding tert-OH is 1. The molecule has 1 saturated heterocycles. The number of halogens is 3. The van der Waals surface area contributed by atoms with Crippen LogP contribution in [-0.4, -0.2) is 88.9 Å². The molecule has 0 bridgehead atoms. The molecule has 3 N–H and O–H groups in total. The van der Waals surface area contributed by atoms with Gasteiger partial charge in [-0.05, 0) is 51.3 Å². The summed E-state index contributed by atoms with van der Waals surface area (Å²) in [6.45, 7) is 2.19. The number of alkyl halides is 3. The molecule has 4 aromatic rings. The molecule has 0 spiro atoms. The van der Waals surface area contributed by atoms with Crippen molar-refractivity contribution in [1.29, 1.82) is 5.26 Å². The number of nitriles is 1. The summed E-state index contributed by atoms with van der Waals surface area (Å²) >= 11 is 0. The molecule has 4 aromatic heterocycles.